The Kier molecular flexibility index (Phi) is 5.55. The third-order valence-electron chi connectivity index (χ3n) is 5.98. The normalized spacial score (nSPS) is 22.5. The quantitative estimate of drug-likeness (QED) is 0.814. The molecule has 27 heavy (non-hydrogen) atoms. The van der Waals surface area contributed by atoms with Gasteiger partial charge in [-0.15, -0.1) is 11.8 Å². The van der Waals surface area contributed by atoms with Crippen LogP contribution in [0.3, 0.4) is 0 Å². The van der Waals surface area contributed by atoms with E-state index >= 15 is 0 Å². The fraction of sp³-hybridized carbons (Fsp3) is 0.524. The molecule has 6 heteroatoms. The molecule has 0 aliphatic carbocycles. The number of aromatic nitrogens is 1. The van der Waals surface area contributed by atoms with Gasteiger partial charge in [0, 0.05) is 29.3 Å². The van der Waals surface area contributed by atoms with Crippen LogP contribution in [0.4, 0.5) is 0 Å². The van der Waals surface area contributed by atoms with Crippen molar-refractivity contribution in [2.75, 3.05) is 26.2 Å². The zero-order chi connectivity index (χ0) is 18.8. The summed E-state index contributed by atoms with van der Waals surface area (Å²) < 4.78 is 5.26. The lowest BCUT2D eigenvalue weighted by Crippen LogP contribution is -2.33. The molecule has 1 amide bonds. The van der Waals surface area contributed by atoms with Crippen LogP contribution in [0.2, 0.25) is 0 Å². The molecule has 2 atom stereocenters. The van der Waals surface area contributed by atoms with Gasteiger partial charge in [0.1, 0.15) is 5.76 Å². The molecule has 0 bridgehead atoms. The lowest BCUT2D eigenvalue weighted by atomic mass is 9.92. The van der Waals surface area contributed by atoms with Gasteiger partial charge in [0.2, 0.25) is 0 Å². The molecule has 2 aliphatic rings. The first-order chi connectivity index (χ1) is 13.1. The smallest absolute Gasteiger partial charge is 0.254 e. The summed E-state index contributed by atoms with van der Waals surface area (Å²) in [5.41, 5.74) is 2.87. The molecule has 3 heterocycles. The maximum atomic E-state index is 13.3. The molecule has 2 fully saturated rings. The molecule has 1 aromatic heterocycles. The summed E-state index contributed by atoms with van der Waals surface area (Å²) >= 11 is 1.69. The summed E-state index contributed by atoms with van der Waals surface area (Å²) in [6.07, 6.45) is 2.22. The number of likely N-dealkylation sites (tertiary alicyclic amines) is 1. The van der Waals surface area contributed by atoms with Gasteiger partial charge in [-0.2, -0.15) is 0 Å². The average molecular weight is 386 g/mol. The Balaban J connectivity index is 1.47. The molecule has 1 N–H and O–H groups in total. The summed E-state index contributed by atoms with van der Waals surface area (Å²) in [5.74, 6) is 3.25. The molecule has 1 aromatic carbocycles. The highest BCUT2D eigenvalue weighted by Gasteiger charge is 2.32. The molecule has 4 rings (SSSR count). The Morgan fingerprint density at radius 2 is 1.93 bits per heavy atom. The predicted molar refractivity (Wildman–Crippen MR) is 107 cm³/mol. The second kappa shape index (κ2) is 8.07. The van der Waals surface area contributed by atoms with E-state index in [2.05, 4.69) is 15.4 Å². The highest BCUT2D eigenvalue weighted by atomic mass is 32.2. The van der Waals surface area contributed by atoms with E-state index in [-0.39, 0.29) is 5.91 Å². The van der Waals surface area contributed by atoms with Gasteiger partial charge in [0.05, 0.1) is 11.3 Å². The van der Waals surface area contributed by atoms with Crippen LogP contribution in [0.1, 0.15) is 40.2 Å². The number of thioether (sulfide) groups is 1. The maximum absolute atomic E-state index is 13.3. The van der Waals surface area contributed by atoms with Crippen LogP contribution >= 0.6 is 11.8 Å². The second-order valence-corrected chi connectivity index (χ2v) is 8.65. The van der Waals surface area contributed by atoms with Gasteiger partial charge >= 0.3 is 0 Å². The summed E-state index contributed by atoms with van der Waals surface area (Å²) in [6, 6.07) is 7.98. The van der Waals surface area contributed by atoms with E-state index in [1.807, 2.05) is 38.1 Å². The van der Waals surface area contributed by atoms with Gasteiger partial charge in [0.15, 0.2) is 0 Å². The minimum atomic E-state index is 0.171. The largest absolute Gasteiger partial charge is 0.361 e. The Morgan fingerprint density at radius 3 is 2.59 bits per heavy atom. The molecule has 0 radical (unpaired) electrons. The van der Waals surface area contributed by atoms with E-state index < -0.39 is 0 Å². The van der Waals surface area contributed by atoms with E-state index in [0.29, 0.717) is 0 Å². The fourth-order valence-corrected chi connectivity index (χ4v) is 5.42. The van der Waals surface area contributed by atoms with E-state index in [1.54, 1.807) is 11.8 Å². The van der Waals surface area contributed by atoms with Crippen molar-refractivity contribution in [2.24, 2.45) is 11.8 Å². The van der Waals surface area contributed by atoms with Gasteiger partial charge in [-0.1, -0.05) is 17.3 Å². The van der Waals surface area contributed by atoms with Crippen LogP contribution in [0.5, 0.6) is 0 Å². The van der Waals surface area contributed by atoms with Crippen LogP contribution in [-0.2, 0) is 5.75 Å². The average Bonchev–Trinajstić information content (AvgIpc) is 3.20. The van der Waals surface area contributed by atoms with Gasteiger partial charge in [-0.05, 0) is 63.7 Å². The lowest BCUT2D eigenvalue weighted by Gasteiger charge is -2.22. The maximum Gasteiger partial charge on any atom is 0.254 e. The summed E-state index contributed by atoms with van der Waals surface area (Å²) in [7, 11) is 0. The second-order valence-electron chi connectivity index (χ2n) is 7.64. The van der Waals surface area contributed by atoms with Crippen molar-refractivity contribution in [1.82, 2.24) is 15.4 Å². The molecule has 0 unspecified atom stereocenters. The molecule has 0 spiro atoms. The van der Waals surface area contributed by atoms with Crippen molar-refractivity contribution >= 4 is 17.7 Å². The molecule has 5 nitrogen and oxygen atoms in total. The molecule has 2 saturated heterocycles. The summed E-state index contributed by atoms with van der Waals surface area (Å²) in [6.45, 7) is 7.85. The minimum Gasteiger partial charge on any atom is -0.361 e. The van der Waals surface area contributed by atoms with Crippen molar-refractivity contribution < 1.29 is 9.32 Å². The number of amides is 1. The Labute approximate surface area is 164 Å². The van der Waals surface area contributed by atoms with Crippen molar-refractivity contribution in [1.29, 1.82) is 0 Å². The van der Waals surface area contributed by atoms with Crippen LogP contribution in [-0.4, -0.2) is 42.1 Å². The number of benzene rings is 1. The molecule has 2 aromatic rings. The first kappa shape index (κ1) is 18.6. The van der Waals surface area contributed by atoms with E-state index in [9.17, 15) is 4.79 Å². The molecular formula is C21H27N3O2S. The number of fused-ring (bicyclic) bond motifs is 1. The molecule has 2 aliphatic heterocycles. The third kappa shape index (κ3) is 3.92. The summed E-state index contributed by atoms with van der Waals surface area (Å²) in [4.78, 5) is 16.4. The minimum absolute atomic E-state index is 0.171. The van der Waals surface area contributed by atoms with Gasteiger partial charge in [-0.25, -0.2) is 0 Å². The first-order valence-corrected chi connectivity index (χ1v) is 10.8. The number of hydrogen-bond donors (Lipinski definition) is 1. The number of nitrogens with one attached hydrogen (secondary N) is 1. The SMILES string of the molecule is Cc1noc(C)c1CSc1ccccc1C(=O)N1CC[C@@H]2CNC[C@@H]2CC1. The standard InChI is InChI=1S/C21H27N3O2S/c1-14-19(15(2)26-23-14)13-27-20-6-4-3-5-18(20)21(25)24-9-7-16-11-22-12-17(16)8-10-24/h3-6,16-17,22H,7-13H2,1-2H3/t16-,17+. The fourth-order valence-electron chi connectivity index (χ4n) is 4.22. The number of aryl methyl sites for hydroxylation is 2. The number of carbonyl (C=O) groups is 1. The number of nitrogens with zero attached hydrogens (tertiary/aromatic N) is 2. The number of rotatable bonds is 4. The van der Waals surface area contributed by atoms with Gasteiger partial charge < -0.3 is 14.7 Å². The summed E-state index contributed by atoms with van der Waals surface area (Å²) in [5, 5.41) is 7.53. The molecular weight excluding hydrogens is 358 g/mol. The van der Waals surface area contributed by atoms with Gasteiger partial charge in [0.25, 0.3) is 5.91 Å². The van der Waals surface area contributed by atoms with E-state index in [0.717, 1.165) is 84.1 Å². The van der Waals surface area contributed by atoms with Crippen molar-refractivity contribution in [3.8, 4) is 0 Å². The highest BCUT2D eigenvalue weighted by molar-refractivity contribution is 7.98. The van der Waals surface area contributed by atoms with Crippen LogP contribution in [0.25, 0.3) is 0 Å². The predicted octanol–water partition coefficient (Wildman–Crippen LogP) is 3.66. The molecule has 0 saturated carbocycles. The van der Waals surface area contributed by atoms with Crippen LogP contribution < -0.4 is 5.32 Å². The van der Waals surface area contributed by atoms with Gasteiger partial charge in [-0.3, -0.25) is 4.79 Å². The highest BCUT2D eigenvalue weighted by Crippen LogP contribution is 2.31. The van der Waals surface area contributed by atoms with Crippen molar-refractivity contribution in [2.45, 2.75) is 37.3 Å². The number of hydrogen-bond acceptors (Lipinski definition) is 5. The monoisotopic (exact) mass is 385 g/mol. The number of carbonyl (C=O) groups excluding carboxylic acids is 1. The molecule has 144 valence electrons. The third-order valence-corrected chi connectivity index (χ3v) is 7.08. The Morgan fingerprint density at radius 1 is 1.22 bits per heavy atom. The zero-order valence-electron chi connectivity index (χ0n) is 16.0. The lowest BCUT2D eigenvalue weighted by molar-refractivity contribution is 0.0755. The Bertz CT molecular complexity index is 786. The van der Waals surface area contributed by atoms with Crippen molar-refractivity contribution in [3.63, 3.8) is 0 Å². The zero-order valence-corrected chi connectivity index (χ0v) is 16.8. The first-order valence-electron chi connectivity index (χ1n) is 9.77. The topological polar surface area (TPSA) is 58.4 Å². The van der Waals surface area contributed by atoms with Crippen molar-refractivity contribution in [3.05, 3.63) is 46.8 Å². The van der Waals surface area contributed by atoms with E-state index in [4.69, 9.17) is 4.52 Å². The van der Waals surface area contributed by atoms with E-state index in [1.165, 1.54) is 0 Å². The van der Waals surface area contributed by atoms with Crippen LogP contribution in [0.15, 0.2) is 33.7 Å². The van der Waals surface area contributed by atoms with Crippen LogP contribution in [0, 0.1) is 25.7 Å². The Hall–Kier alpha value is -1.79.